The minimum atomic E-state index is 0.620. The van der Waals surface area contributed by atoms with Crippen molar-refractivity contribution in [2.45, 2.75) is 0 Å². The van der Waals surface area contributed by atoms with E-state index in [1.807, 2.05) is 40.8 Å². The van der Waals surface area contributed by atoms with Gasteiger partial charge in [-0.15, -0.1) is 10.2 Å². The second kappa shape index (κ2) is 3.86. The highest BCUT2D eigenvalue weighted by atomic mass is 127. The molecule has 0 amide bonds. The maximum absolute atomic E-state index is 6.09. The monoisotopic (exact) mass is 320 g/mol. The topological polar surface area (TPSA) is 35.0 Å². The largest absolute Gasteiger partial charge is 0.497 e. The van der Waals surface area contributed by atoms with Crippen molar-refractivity contribution in [3.8, 4) is 5.75 Å². The normalized spacial score (nSPS) is 10.5. The number of ether oxygens (including phenoxy) is 1. The summed E-state index contributed by atoms with van der Waals surface area (Å²) in [6, 6.07) is 5.53. The van der Waals surface area contributed by atoms with E-state index in [9.17, 15) is 0 Å². The molecule has 0 radical (unpaired) electrons. The first kappa shape index (κ1) is 9.92. The summed E-state index contributed by atoms with van der Waals surface area (Å²) in [4.78, 5) is 0. The fourth-order valence-corrected chi connectivity index (χ4v) is 1.75. The molecule has 2 rings (SSSR count). The number of methoxy groups -OCH3 is 1. The molecule has 0 saturated heterocycles. The van der Waals surface area contributed by atoms with Gasteiger partial charge in [-0.05, 0) is 40.8 Å². The molecule has 0 N–H and O–H groups in total. The van der Waals surface area contributed by atoms with Crippen LogP contribution >= 0.6 is 34.2 Å². The van der Waals surface area contributed by atoms with Crippen molar-refractivity contribution in [1.29, 1.82) is 0 Å². The van der Waals surface area contributed by atoms with Crippen LogP contribution < -0.4 is 4.74 Å². The van der Waals surface area contributed by atoms with Crippen LogP contribution in [0.1, 0.15) is 0 Å². The molecule has 5 heteroatoms. The molecular formula is C9H6ClIN2O. The van der Waals surface area contributed by atoms with Crippen molar-refractivity contribution in [2.75, 3.05) is 7.11 Å². The SMILES string of the molecule is COc1ccc2nnc(I)c(Cl)c2c1. The van der Waals surface area contributed by atoms with Gasteiger partial charge < -0.3 is 4.74 Å². The summed E-state index contributed by atoms with van der Waals surface area (Å²) in [5, 5.41) is 9.43. The zero-order valence-electron chi connectivity index (χ0n) is 7.29. The Morgan fingerprint density at radius 2 is 2.14 bits per heavy atom. The van der Waals surface area contributed by atoms with E-state index in [1.54, 1.807) is 7.11 Å². The molecular weight excluding hydrogens is 314 g/mol. The van der Waals surface area contributed by atoms with Gasteiger partial charge in [0.2, 0.25) is 0 Å². The second-order valence-electron chi connectivity index (χ2n) is 2.69. The Labute approximate surface area is 99.6 Å². The minimum Gasteiger partial charge on any atom is -0.497 e. The molecule has 1 aromatic carbocycles. The number of fused-ring (bicyclic) bond motifs is 1. The van der Waals surface area contributed by atoms with Crippen molar-refractivity contribution in [2.24, 2.45) is 0 Å². The fraction of sp³-hybridized carbons (Fsp3) is 0.111. The molecule has 0 bridgehead atoms. The van der Waals surface area contributed by atoms with Gasteiger partial charge in [0.1, 0.15) is 9.45 Å². The summed E-state index contributed by atoms with van der Waals surface area (Å²) in [5.74, 6) is 0.767. The first-order valence-electron chi connectivity index (χ1n) is 3.88. The van der Waals surface area contributed by atoms with Gasteiger partial charge in [0.05, 0.1) is 17.6 Å². The Balaban J connectivity index is 2.78. The van der Waals surface area contributed by atoms with Crippen LogP contribution in [0.15, 0.2) is 18.2 Å². The third-order valence-corrected chi connectivity index (χ3v) is 3.32. The number of hydrogen-bond acceptors (Lipinski definition) is 3. The van der Waals surface area contributed by atoms with Gasteiger partial charge in [0.25, 0.3) is 0 Å². The number of nitrogens with zero attached hydrogens (tertiary/aromatic N) is 2. The summed E-state index contributed by atoms with van der Waals surface area (Å²) >= 11 is 8.14. The third kappa shape index (κ3) is 1.64. The lowest BCUT2D eigenvalue weighted by atomic mass is 10.2. The Hall–Kier alpha value is -0.620. The van der Waals surface area contributed by atoms with Gasteiger partial charge in [-0.3, -0.25) is 0 Å². The first-order chi connectivity index (χ1) is 6.72. The maximum atomic E-state index is 6.09. The smallest absolute Gasteiger partial charge is 0.143 e. The van der Waals surface area contributed by atoms with Crippen molar-refractivity contribution < 1.29 is 4.74 Å². The molecule has 0 fully saturated rings. The molecule has 2 aromatic rings. The highest BCUT2D eigenvalue weighted by Gasteiger charge is 2.06. The van der Waals surface area contributed by atoms with Crippen LogP contribution in [0.4, 0.5) is 0 Å². The number of aromatic nitrogens is 2. The molecule has 0 aliphatic carbocycles. The Morgan fingerprint density at radius 1 is 1.36 bits per heavy atom. The van der Waals surface area contributed by atoms with E-state index < -0.39 is 0 Å². The molecule has 0 unspecified atom stereocenters. The van der Waals surface area contributed by atoms with E-state index in [1.165, 1.54) is 0 Å². The van der Waals surface area contributed by atoms with E-state index in [0.717, 1.165) is 16.7 Å². The molecule has 0 saturated carbocycles. The van der Waals surface area contributed by atoms with Crippen molar-refractivity contribution in [1.82, 2.24) is 10.2 Å². The van der Waals surface area contributed by atoms with Crippen LogP contribution in [-0.4, -0.2) is 17.3 Å². The Bertz CT molecular complexity index is 489. The number of hydrogen-bond donors (Lipinski definition) is 0. The predicted octanol–water partition coefficient (Wildman–Crippen LogP) is 2.90. The van der Waals surface area contributed by atoms with Gasteiger partial charge in [0, 0.05) is 5.39 Å². The quantitative estimate of drug-likeness (QED) is 0.758. The highest BCUT2D eigenvalue weighted by molar-refractivity contribution is 14.1. The lowest BCUT2D eigenvalue weighted by molar-refractivity contribution is 0.415. The maximum Gasteiger partial charge on any atom is 0.143 e. The zero-order valence-corrected chi connectivity index (χ0v) is 10.2. The number of benzene rings is 1. The van der Waals surface area contributed by atoms with Crippen LogP contribution in [0.25, 0.3) is 10.9 Å². The average molecular weight is 321 g/mol. The second-order valence-corrected chi connectivity index (χ2v) is 4.09. The van der Waals surface area contributed by atoms with E-state index in [-0.39, 0.29) is 0 Å². The molecule has 72 valence electrons. The highest BCUT2D eigenvalue weighted by Crippen LogP contribution is 2.28. The molecule has 0 aliphatic heterocycles. The van der Waals surface area contributed by atoms with Crippen molar-refractivity contribution in [3.63, 3.8) is 0 Å². The van der Waals surface area contributed by atoms with E-state index in [4.69, 9.17) is 16.3 Å². The first-order valence-corrected chi connectivity index (χ1v) is 5.33. The Kier molecular flexibility index (Phi) is 2.73. The van der Waals surface area contributed by atoms with E-state index in [2.05, 4.69) is 10.2 Å². The van der Waals surface area contributed by atoms with Crippen LogP contribution in [0.3, 0.4) is 0 Å². The summed E-state index contributed by atoms with van der Waals surface area (Å²) < 4.78 is 5.81. The summed E-state index contributed by atoms with van der Waals surface area (Å²) in [6.07, 6.45) is 0. The minimum absolute atomic E-state index is 0.620. The van der Waals surface area contributed by atoms with Crippen LogP contribution in [0, 0.1) is 3.70 Å². The summed E-state index contributed by atoms with van der Waals surface area (Å²) in [7, 11) is 1.62. The van der Waals surface area contributed by atoms with Gasteiger partial charge in [-0.2, -0.15) is 0 Å². The molecule has 3 nitrogen and oxygen atoms in total. The third-order valence-electron chi connectivity index (χ3n) is 1.87. The van der Waals surface area contributed by atoms with Crippen LogP contribution in [0.5, 0.6) is 5.75 Å². The van der Waals surface area contributed by atoms with Gasteiger partial charge in [-0.1, -0.05) is 11.6 Å². The zero-order chi connectivity index (χ0) is 10.1. The van der Waals surface area contributed by atoms with E-state index >= 15 is 0 Å². The number of halogens is 2. The summed E-state index contributed by atoms with van der Waals surface area (Å²) in [6.45, 7) is 0. The van der Waals surface area contributed by atoms with E-state index in [0.29, 0.717) is 8.72 Å². The molecule has 0 spiro atoms. The number of rotatable bonds is 1. The van der Waals surface area contributed by atoms with Crippen LogP contribution in [0.2, 0.25) is 5.02 Å². The predicted molar refractivity (Wildman–Crippen MR) is 63.8 cm³/mol. The molecule has 1 heterocycles. The van der Waals surface area contributed by atoms with Gasteiger partial charge >= 0.3 is 0 Å². The standard InChI is InChI=1S/C9H6ClIN2O/c1-14-5-2-3-7-6(4-5)8(10)9(11)13-12-7/h2-4H,1H3. The molecule has 0 aliphatic rings. The molecule has 14 heavy (non-hydrogen) atoms. The van der Waals surface area contributed by atoms with Crippen molar-refractivity contribution >= 4 is 45.1 Å². The Morgan fingerprint density at radius 3 is 2.86 bits per heavy atom. The van der Waals surface area contributed by atoms with Gasteiger partial charge in [0.15, 0.2) is 0 Å². The van der Waals surface area contributed by atoms with Gasteiger partial charge in [-0.25, -0.2) is 0 Å². The molecule has 0 atom stereocenters. The summed E-state index contributed by atoms with van der Waals surface area (Å²) in [5.41, 5.74) is 0.774. The van der Waals surface area contributed by atoms with Crippen molar-refractivity contribution in [3.05, 3.63) is 26.9 Å². The van der Waals surface area contributed by atoms with Crippen LogP contribution in [-0.2, 0) is 0 Å². The average Bonchev–Trinajstić information content (AvgIpc) is 2.23. The fourth-order valence-electron chi connectivity index (χ4n) is 1.16. The lowest BCUT2D eigenvalue weighted by Crippen LogP contribution is -1.91. The molecule has 1 aromatic heterocycles. The lowest BCUT2D eigenvalue weighted by Gasteiger charge is -2.03.